The number of rotatable bonds is 11. The van der Waals surface area contributed by atoms with Crippen molar-refractivity contribution in [3.63, 3.8) is 0 Å². The first-order chi connectivity index (χ1) is 8.57. The molecule has 0 radical (unpaired) electrons. The summed E-state index contributed by atoms with van der Waals surface area (Å²) in [5, 5.41) is 0. The van der Waals surface area contributed by atoms with E-state index in [9.17, 15) is 0 Å². The fourth-order valence-electron chi connectivity index (χ4n) is 2.12. The molecule has 6 heteroatoms. The standard InChI is InChI=1S/C12H31NO3Si2/c1-6-17(7-2,8-3)12-16-18(14-4,15-5)11-9-10-13/h6-13H2,1-5H3. The molecule has 0 aliphatic rings. The maximum absolute atomic E-state index is 6.17. The van der Waals surface area contributed by atoms with Gasteiger partial charge in [0.15, 0.2) is 0 Å². The zero-order valence-electron chi connectivity index (χ0n) is 12.8. The quantitative estimate of drug-likeness (QED) is 0.595. The third-order valence-electron chi connectivity index (χ3n) is 4.16. The third-order valence-corrected chi connectivity index (χ3v) is 12.5. The maximum atomic E-state index is 6.17. The second-order valence-electron chi connectivity index (χ2n) is 4.83. The van der Waals surface area contributed by atoms with Crippen molar-refractivity contribution in [1.82, 2.24) is 0 Å². The van der Waals surface area contributed by atoms with Crippen LogP contribution >= 0.6 is 0 Å². The molecule has 0 amide bonds. The van der Waals surface area contributed by atoms with E-state index >= 15 is 0 Å². The lowest BCUT2D eigenvalue weighted by Gasteiger charge is -2.33. The van der Waals surface area contributed by atoms with Gasteiger partial charge in [-0.1, -0.05) is 38.9 Å². The van der Waals surface area contributed by atoms with Gasteiger partial charge < -0.3 is 19.0 Å². The first-order valence-electron chi connectivity index (χ1n) is 7.01. The number of hydrogen-bond donors (Lipinski definition) is 1. The van der Waals surface area contributed by atoms with Crippen LogP contribution in [0.4, 0.5) is 0 Å². The van der Waals surface area contributed by atoms with Crippen LogP contribution in [0.2, 0.25) is 24.2 Å². The fraction of sp³-hybridized carbons (Fsp3) is 1.00. The molecule has 0 aromatic rings. The molecule has 4 nitrogen and oxygen atoms in total. The lowest BCUT2D eigenvalue weighted by atomic mass is 10.5. The highest BCUT2D eigenvalue weighted by Gasteiger charge is 2.41. The molecule has 0 rings (SSSR count). The Morgan fingerprint density at radius 2 is 1.44 bits per heavy atom. The van der Waals surface area contributed by atoms with Crippen molar-refractivity contribution in [3.05, 3.63) is 0 Å². The van der Waals surface area contributed by atoms with Crippen LogP contribution in [0.3, 0.4) is 0 Å². The largest absolute Gasteiger partial charge is 0.500 e. The van der Waals surface area contributed by atoms with E-state index in [1.54, 1.807) is 14.2 Å². The molecule has 0 aliphatic heterocycles. The Hall–Kier alpha value is 0.274. The first kappa shape index (κ1) is 18.3. The van der Waals surface area contributed by atoms with Crippen molar-refractivity contribution >= 4 is 16.9 Å². The summed E-state index contributed by atoms with van der Waals surface area (Å²) in [7, 11) is -0.358. The van der Waals surface area contributed by atoms with Crippen molar-refractivity contribution in [2.75, 3.05) is 27.0 Å². The summed E-state index contributed by atoms with van der Waals surface area (Å²) >= 11 is 0. The van der Waals surface area contributed by atoms with Gasteiger partial charge in [0.1, 0.15) is 0 Å². The minimum atomic E-state index is -2.47. The Morgan fingerprint density at radius 3 is 1.78 bits per heavy atom. The molecule has 0 saturated heterocycles. The fourth-order valence-corrected chi connectivity index (χ4v) is 7.92. The van der Waals surface area contributed by atoms with E-state index in [0.717, 1.165) is 18.7 Å². The summed E-state index contributed by atoms with van der Waals surface area (Å²) in [6.45, 7) is 7.50. The van der Waals surface area contributed by atoms with E-state index in [-0.39, 0.29) is 0 Å². The summed E-state index contributed by atoms with van der Waals surface area (Å²) in [6.07, 6.45) is 1.75. The van der Waals surface area contributed by atoms with Crippen molar-refractivity contribution in [2.24, 2.45) is 5.73 Å². The van der Waals surface area contributed by atoms with Gasteiger partial charge in [-0.2, -0.15) is 0 Å². The van der Waals surface area contributed by atoms with Crippen LogP contribution in [0.1, 0.15) is 27.2 Å². The van der Waals surface area contributed by atoms with Gasteiger partial charge in [-0.3, -0.25) is 0 Å². The second kappa shape index (κ2) is 9.22. The minimum Gasteiger partial charge on any atom is -0.377 e. The summed E-state index contributed by atoms with van der Waals surface area (Å²) in [6, 6.07) is 4.59. The third kappa shape index (κ3) is 5.10. The Morgan fingerprint density at radius 1 is 0.944 bits per heavy atom. The maximum Gasteiger partial charge on any atom is 0.500 e. The van der Waals surface area contributed by atoms with E-state index < -0.39 is 16.9 Å². The van der Waals surface area contributed by atoms with Crippen LogP contribution in [-0.4, -0.2) is 43.9 Å². The predicted molar refractivity (Wildman–Crippen MR) is 81.4 cm³/mol. The van der Waals surface area contributed by atoms with Gasteiger partial charge in [0.05, 0.1) is 8.07 Å². The van der Waals surface area contributed by atoms with E-state index in [0.29, 0.717) is 6.54 Å². The highest BCUT2D eigenvalue weighted by molar-refractivity contribution is 6.80. The van der Waals surface area contributed by atoms with Gasteiger partial charge in [0.25, 0.3) is 0 Å². The molecule has 0 atom stereocenters. The van der Waals surface area contributed by atoms with Crippen molar-refractivity contribution in [1.29, 1.82) is 0 Å². The van der Waals surface area contributed by atoms with Gasteiger partial charge in [0, 0.05) is 26.5 Å². The normalized spacial score (nSPS) is 13.0. The molecule has 110 valence electrons. The summed E-state index contributed by atoms with van der Waals surface area (Å²) in [5.74, 6) is 0. The molecule has 0 unspecified atom stereocenters. The molecule has 0 bridgehead atoms. The molecule has 0 aliphatic carbocycles. The van der Waals surface area contributed by atoms with Crippen molar-refractivity contribution in [3.8, 4) is 0 Å². The summed E-state index contributed by atoms with van der Waals surface area (Å²) in [4.78, 5) is 0. The molecule has 0 spiro atoms. The van der Waals surface area contributed by atoms with Gasteiger partial charge >= 0.3 is 8.80 Å². The zero-order chi connectivity index (χ0) is 14.1. The Bertz CT molecular complexity index is 201. The molecule has 0 heterocycles. The Kier molecular flexibility index (Phi) is 9.36. The van der Waals surface area contributed by atoms with E-state index in [4.69, 9.17) is 19.0 Å². The van der Waals surface area contributed by atoms with E-state index in [2.05, 4.69) is 20.8 Å². The molecule has 2 N–H and O–H groups in total. The van der Waals surface area contributed by atoms with Gasteiger partial charge in [-0.05, 0) is 13.0 Å². The van der Waals surface area contributed by atoms with Crippen LogP contribution in [0.5, 0.6) is 0 Å². The Balaban J connectivity index is 4.58. The van der Waals surface area contributed by atoms with E-state index in [1.807, 2.05) is 0 Å². The van der Waals surface area contributed by atoms with Crippen molar-refractivity contribution < 1.29 is 13.3 Å². The average Bonchev–Trinajstić information content (AvgIpc) is 2.44. The van der Waals surface area contributed by atoms with Gasteiger partial charge in [-0.25, -0.2) is 0 Å². The number of nitrogens with two attached hydrogens (primary N) is 1. The van der Waals surface area contributed by atoms with Gasteiger partial charge in [-0.15, -0.1) is 0 Å². The molecule has 0 aromatic carbocycles. The van der Waals surface area contributed by atoms with Crippen molar-refractivity contribution in [2.45, 2.75) is 51.4 Å². The molecular weight excluding hydrogens is 262 g/mol. The number of hydrogen-bond acceptors (Lipinski definition) is 4. The Labute approximate surface area is 115 Å². The lowest BCUT2D eigenvalue weighted by Crippen LogP contribution is -2.50. The summed E-state index contributed by atoms with van der Waals surface area (Å²) < 4.78 is 17.3. The van der Waals surface area contributed by atoms with E-state index in [1.165, 1.54) is 18.1 Å². The molecule has 18 heavy (non-hydrogen) atoms. The molecular formula is C12H31NO3Si2. The average molecular weight is 294 g/mol. The van der Waals surface area contributed by atoms with Gasteiger partial charge in [0.2, 0.25) is 0 Å². The van der Waals surface area contributed by atoms with Crippen LogP contribution in [0.15, 0.2) is 0 Å². The molecule has 0 aromatic heterocycles. The molecule has 0 fully saturated rings. The minimum absolute atomic E-state index is 0.655. The van der Waals surface area contributed by atoms with Crippen LogP contribution < -0.4 is 5.73 Å². The van der Waals surface area contributed by atoms with Crippen LogP contribution in [-0.2, 0) is 13.3 Å². The van der Waals surface area contributed by atoms with Crippen LogP contribution in [0.25, 0.3) is 0 Å². The highest BCUT2D eigenvalue weighted by Crippen LogP contribution is 2.24. The molecule has 0 saturated carbocycles. The zero-order valence-corrected chi connectivity index (χ0v) is 14.8. The topological polar surface area (TPSA) is 53.7 Å². The summed E-state index contributed by atoms with van der Waals surface area (Å²) in [5.41, 5.74) is 5.57. The highest BCUT2D eigenvalue weighted by atomic mass is 28.4. The van der Waals surface area contributed by atoms with Crippen LogP contribution in [0, 0.1) is 0 Å². The SMILES string of the molecule is CC[Si](CC)(CC)CO[Si](CCCN)(OC)OC. The monoisotopic (exact) mass is 293 g/mol. The first-order valence-corrected chi connectivity index (χ1v) is 11.8. The predicted octanol–water partition coefficient (Wildman–Crippen LogP) is 2.63. The second-order valence-corrected chi connectivity index (χ2v) is 13.2. The smallest absolute Gasteiger partial charge is 0.377 e. The lowest BCUT2D eigenvalue weighted by molar-refractivity contribution is 0.113.